The highest BCUT2D eigenvalue weighted by atomic mass is 32.1. The number of hydrogen-bond donors (Lipinski definition) is 1. The average Bonchev–Trinajstić information content (AvgIpc) is 2.70. The number of nitrogen functional groups attached to an aromatic ring is 1. The summed E-state index contributed by atoms with van der Waals surface area (Å²) < 4.78 is 1.15. The van der Waals surface area contributed by atoms with Gasteiger partial charge in [-0.15, -0.1) is 11.3 Å². The van der Waals surface area contributed by atoms with Crippen molar-refractivity contribution in [2.45, 2.75) is 26.8 Å². The van der Waals surface area contributed by atoms with Gasteiger partial charge in [0.15, 0.2) is 0 Å². The maximum Gasteiger partial charge on any atom is 0.106 e. The smallest absolute Gasteiger partial charge is 0.106 e. The monoisotopic (exact) mass is 235 g/mol. The zero-order valence-electron chi connectivity index (χ0n) is 9.90. The van der Waals surface area contributed by atoms with Crippen LogP contribution in [-0.2, 0) is 0 Å². The van der Waals surface area contributed by atoms with Crippen molar-refractivity contribution in [1.82, 2.24) is 4.98 Å². The standard InChI is InChI=1S/C12H17N3S/c1-4-15(8(2)3)9-5-6-10-12(11(9)13)14-7-16-10/h5-8H,4,13H2,1-3H3. The van der Waals surface area contributed by atoms with Crippen molar-refractivity contribution in [3.05, 3.63) is 17.6 Å². The molecule has 1 aromatic carbocycles. The van der Waals surface area contributed by atoms with Crippen LogP contribution in [0.5, 0.6) is 0 Å². The Morgan fingerprint density at radius 2 is 2.19 bits per heavy atom. The van der Waals surface area contributed by atoms with E-state index in [-0.39, 0.29) is 0 Å². The zero-order chi connectivity index (χ0) is 11.7. The largest absolute Gasteiger partial charge is 0.395 e. The number of benzene rings is 1. The summed E-state index contributed by atoms with van der Waals surface area (Å²) in [6.07, 6.45) is 0. The van der Waals surface area contributed by atoms with Crippen LogP contribution < -0.4 is 10.6 Å². The molecule has 1 aromatic heterocycles. The molecule has 4 heteroatoms. The first-order valence-corrected chi connectivity index (χ1v) is 6.41. The van der Waals surface area contributed by atoms with E-state index in [1.807, 2.05) is 5.51 Å². The molecule has 0 fully saturated rings. The Morgan fingerprint density at radius 3 is 2.81 bits per heavy atom. The third-order valence-corrected chi connectivity index (χ3v) is 3.59. The molecule has 0 spiro atoms. The molecule has 16 heavy (non-hydrogen) atoms. The van der Waals surface area contributed by atoms with Crippen LogP contribution in [0.4, 0.5) is 11.4 Å². The number of nitrogens with zero attached hydrogens (tertiary/aromatic N) is 2. The Bertz CT molecular complexity index is 490. The second-order valence-corrected chi connectivity index (χ2v) is 4.96. The Balaban J connectivity index is 2.55. The van der Waals surface area contributed by atoms with Gasteiger partial charge in [0.05, 0.1) is 21.6 Å². The molecule has 0 aliphatic heterocycles. The van der Waals surface area contributed by atoms with E-state index >= 15 is 0 Å². The van der Waals surface area contributed by atoms with Crippen molar-refractivity contribution in [3.8, 4) is 0 Å². The molecule has 2 N–H and O–H groups in total. The van der Waals surface area contributed by atoms with Gasteiger partial charge in [0, 0.05) is 12.6 Å². The van der Waals surface area contributed by atoms with Gasteiger partial charge in [0.25, 0.3) is 0 Å². The minimum atomic E-state index is 0.448. The van der Waals surface area contributed by atoms with Gasteiger partial charge in [0.2, 0.25) is 0 Å². The van der Waals surface area contributed by atoms with Gasteiger partial charge in [0.1, 0.15) is 5.52 Å². The fourth-order valence-electron chi connectivity index (χ4n) is 2.01. The van der Waals surface area contributed by atoms with E-state index in [1.165, 1.54) is 0 Å². The molecule has 86 valence electrons. The summed E-state index contributed by atoms with van der Waals surface area (Å²) in [5.41, 5.74) is 10.8. The third kappa shape index (κ3) is 1.73. The fourth-order valence-corrected chi connectivity index (χ4v) is 2.70. The molecule has 0 amide bonds. The van der Waals surface area contributed by atoms with E-state index in [0.717, 1.165) is 28.1 Å². The lowest BCUT2D eigenvalue weighted by molar-refractivity contribution is 0.705. The summed E-state index contributed by atoms with van der Waals surface area (Å²) in [5.74, 6) is 0. The van der Waals surface area contributed by atoms with Gasteiger partial charge in [-0.1, -0.05) is 0 Å². The predicted octanol–water partition coefficient (Wildman–Crippen LogP) is 3.11. The molecule has 0 radical (unpaired) electrons. The van der Waals surface area contributed by atoms with Crippen molar-refractivity contribution in [3.63, 3.8) is 0 Å². The molecule has 2 rings (SSSR count). The molecule has 0 saturated carbocycles. The number of fused-ring (bicyclic) bond motifs is 1. The highest BCUT2D eigenvalue weighted by Gasteiger charge is 2.14. The number of thiazole rings is 1. The summed E-state index contributed by atoms with van der Waals surface area (Å²) in [5, 5.41) is 0. The molecule has 0 unspecified atom stereocenters. The van der Waals surface area contributed by atoms with Gasteiger partial charge in [-0.05, 0) is 32.9 Å². The van der Waals surface area contributed by atoms with E-state index in [1.54, 1.807) is 11.3 Å². The van der Waals surface area contributed by atoms with E-state index in [2.05, 4.69) is 42.8 Å². The second-order valence-electron chi connectivity index (χ2n) is 4.08. The Kier molecular flexibility index (Phi) is 3.01. The van der Waals surface area contributed by atoms with Crippen LogP contribution in [0.25, 0.3) is 10.2 Å². The Labute approximate surface area is 99.9 Å². The van der Waals surface area contributed by atoms with Gasteiger partial charge in [-0.25, -0.2) is 4.98 Å². The van der Waals surface area contributed by atoms with Crippen molar-refractivity contribution in [2.24, 2.45) is 0 Å². The first-order valence-electron chi connectivity index (χ1n) is 5.53. The number of hydrogen-bond acceptors (Lipinski definition) is 4. The van der Waals surface area contributed by atoms with Crippen LogP contribution >= 0.6 is 11.3 Å². The summed E-state index contributed by atoms with van der Waals surface area (Å²) in [7, 11) is 0. The van der Waals surface area contributed by atoms with E-state index in [0.29, 0.717) is 6.04 Å². The lowest BCUT2D eigenvalue weighted by Gasteiger charge is -2.28. The maximum absolute atomic E-state index is 6.18. The van der Waals surface area contributed by atoms with Crippen LogP contribution in [0, 0.1) is 0 Å². The second kappa shape index (κ2) is 4.29. The molecular formula is C12H17N3S. The summed E-state index contributed by atoms with van der Waals surface area (Å²) in [6.45, 7) is 7.45. The predicted molar refractivity (Wildman–Crippen MR) is 72.2 cm³/mol. The van der Waals surface area contributed by atoms with Crippen LogP contribution in [0.2, 0.25) is 0 Å². The molecule has 0 aliphatic rings. The van der Waals surface area contributed by atoms with Crippen molar-refractivity contribution >= 4 is 32.9 Å². The molecule has 0 atom stereocenters. The summed E-state index contributed by atoms with van der Waals surface area (Å²) in [4.78, 5) is 6.61. The van der Waals surface area contributed by atoms with Crippen LogP contribution in [0.3, 0.4) is 0 Å². The average molecular weight is 235 g/mol. The summed E-state index contributed by atoms with van der Waals surface area (Å²) in [6, 6.07) is 4.65. The molecule has 3 nitrogen and oxygen atoms in total. The van der Waals surface area contributed by atoms with Crippen molar-refractivity contribution in [1.29, 1.82) is 0 Å². The molecule has 0 aliphatic carbocycles. The zero-order valence-corrected chi connectivity index (χ0v) is 10.7. The minimum Gasteiger partial charge on any atom is -0.395 e. The van der Waals surface area contributed by atoms with E-state index in [9.17, 15) is 0 Å². The lowest BCUT2D eigenvalue weighted by atomic mass is 10.2. The number of anilines is 2. The van der Waals surface area contributed by atoms with Crippen LogP contribution in [-0.4, -0.2) is 17.6 Å². The van der Waals surface area contributed by atoms with Crippen molar-refractivity contribution in [2.75, 3.05) is 17.2 Å². The number of rotatable bonds is 3. The van der Waals surface area contributed by atoms with Crippen LogP contribution in [0.1, 0.15) is 20.8 Å². The third-order valence-electron chi connectivity index (χ3n) is 2.79. The molecule has 1 heterocycles. The van der Waals surface area contributed by atoms with E-state index in [4.69, 9.17) is 5.73 Å². The lowest BCUT2D eigenvalue weighted by Crippen LogP contribution is -2.30. The summed E-state index contributed by atoms with van der Waals surface area (Å²) >= 11 is 1.63. The maximum atomic E-state index is 6.18. The highest BCUT2D eigenvalue weighted by Crippen LogP contribution is 2.33. The number of aromatic nitrogens is 1. The molecule has 2 aromatic rings. The quantitative estimate of drug-likeness (QED) is 0.831. The molecule has 0 bridgehead atoms. The fraction of sp³-hybridized carbons (Fsp3) is 0.417. The molecule has 0 saturated heterocycles. The minimum absolute atomic E-state index is 0.448. The Morgan fingerprint density at radius 1 is 1.44 bits per heavy atom. The highest BCUT2D eigenvalue weighted by molar-refractivity contribution is 7.16. The normalized spacial score (nSPS) is 11.2. The van der Waals surface area contributed by atoms with Crippen molar-refractivity contribution < 1.29 is 0 Å². The van der Waals surface area contributed by atoms with Crippen LogP contribution in [0.15, 0.2) is 17.6 Å². The topological polar surface area (TPSA) is 42.2 Å². The first-order chi connectivity index (χ1) is 7.65. The molecular weight excluding hydrogens is 218 g/mol. The SMILES string of the molecule is CCN(c1ccc2scnc2c1N)C(C)C. The van der Waals surface area contributed by atoms with Gasteiger partial charge < -0.3 is 10.6 Å². The Hall–Kier alpha value is -1.29. The first kappa shape index (κ1) is 11.2. The number of nitrogens with two attached hydrogens (primary N) is 1. The van der Waals surface area contributed by atoms with Gasteiger partial charge >= 0.3 is 0 Å². The van der Waals surface area contributed by atoms with Gasteiger partial charge in [-0.2, -0.15) is 0 Å². The van der Waals surface area contributed by atoms with E-state index < -0.39 is 0 Å². The van der Waals surface area contributed by atoms with Gasteiger partial charge in [-0.3, -0.25) is 0 Å².